The number of hydrogen-bond donors (Lipinski definition) is 2. The predicted octanol–water partition coefficient (Wildman–Crippen LogP) is 5.23. The second-order valence-electron chi connectivity index (χ2n) is 9.30. The van der Waals surface area contributed by atoms with Gasteiger partial charge in [0, 0.05) is 0 Å². The van der Waals surface area contributed by atoms with Gasteiger partial charge in [-0.25, -0.2) is 4.79 Å². The Balaban J connectivity index is 1.90. The normalized spacial score (nSPS) is 30.1. The van der Waals surface area contributed by atoms with Gasteiger partial charge in [0.2, 0.25) is 0 Å². The van der Waals surface area contributed by atoms with Crippen molar-refractivity contribution in [3.8, 4) is 0 Å². The van der Waals surface area contributed by atoms with Crippen LogP contribution >= 0.6 is 0 Å². The van der Waals surface area contributed by atoms with Crippen molar-refractivity contribution in [1.29, 1.82) is 0 Å². The van der Waals surface area contributed by atoms with Gasteiger partial charge in [0.1, 0.15) is 5.60 Å². The lowest BCUT2D eigenvalue weighted by Crippen LogP contribution is -2.44. The van der Waals surface area contributed by atoms with Crippen molar-refractivity contribution in [1.82, 2.24) is 5.32 Å². The molecule has 0 saturated heterocycles. The van der Waals surface area contributed by atoms with E-state index in [2.05, 4.69) is 36.5 Å². The average Bonchev–Trinajstić information content (AvgIpc) is 3.04. The number of aliphatic hydroxyl groups excluding tert-OH is 1. The number of nitrogens with one attached hydrogen (secondary N) is 1. The largest absolute Gasteiger partial charge is 0.444 e. The highest BCUT2D eigenvalue weighted by Gasteiger charge is 2.38. The number of carbonyl (C=O) groups excluding carboxylic acids is 1. The summed E-state index contributed by atoms with van der Waals surface area (Å²) >= 11 is 0. The molecule has 1 amide bonds. The molecule has 154 valence electrons. The number of rotatable bonds is 7. The van der Waals surface area contributed by atoms with Gasteiger partial charge in [-0.2, -0.15) is 0 Å². The van der Waals surface area contributed by atoms with Crippen molar-refractivity contribution < 1.29 is 14.6 Å². The van der Waals surface area contributed by atoms with E-state index >= 15 is 0 Å². The Morgan fingerprint density at radius 3 is 2.74 bits per heavy atom. The average molecular weight is 378 g/mol. The summed E-state index contributed by atoms with van der Waals surface area (Å²) in [7, 11) is 0. The number of alkyl carbamates (subject to hydrolysis) is 1. The molecule has 0 heterocycles. The Morgan fingerprint density at radius 2 is 2.07 bits per heavy atom. The highest BCUT2D eigenvalue weighted by atomic mass is 16.6. The monoisotopic (exact) mass is 377 g/mol. The van der Waals surface area contributed by atoms with Gasteiger partial charge in [-0.15, -0.1) is 0 Å². The zero-order chi connectivity index (χ0) is 20.0. The third-order valence-electron chi connectivity index (χ3n) is 5.96. The first kappa shape index (κ1) is 22.0. The van der Waals surface area contributed by atoms with Crippen molar-refractivity contribution >= 4 is 6.09 Å². The third-order valence-corrected chi connectivity index (χ3v) is 5.96. The smallest absolute Gasteiger partial charge is 0.407 e. The van der Waals surface area contributed by atoms with Crippen molar-refractivity contribution in [2.24, 2.45) is 23.7 Å². The van der Waals surface area contributed by atoms with E-state index in [4.69, 9.17) is 4.74 Å². The highest BCUT2D eigenvalue weighted by molar-refractivity contribution is 5.68. The van der Waals surface area contributed by atoms with Crippen LogP contribution in [0.2, 0.25) is 0 Å². The standard InChI is InChI=1S/C23H39NO3/c1-6-7-9-17-12-13-18-10-8-11-19(18)20(17)14-15-21(25)16(2)24-22(26)27-23(3,4)5/h7,9,12-13,16-21,25H,6,8,10-11,14-15H2,1-5H3,(H,24,26)/b9-7+/t16-,17-,18+,19-,20-,21+/m1/s1. The van der Waals surface area contributed by atoms with Gasteiger partial charge in [-0.05, 0) is 83.5 Å². The number of fused-ring (bicyclic) bond motifs is 1. The fourth-order valence-corrected chi connectivity index (χ4v) is 4.60. The lowest BCUT2D eigenvalue weighted by Gasteiger charge is -2.36. The first-order chi connectivity index (χ1) is 12.7. The Hall–Kier alpha value is -1.29. The minimum atomic E-state index is -0.556. The van der Waals surface area contributed by atoms with E-state index in [-0.39, 0.29) is 6.04 Å². The van der Waals surface area contributed by atoms with Gasteiger partial charge in [-0.3, -0.25) is 0 Å². The quantitative estimate of drug-likeness (QED) is 0.598. The van der Waals surface area contributed by atoms with Crippen molar-refractivity contribution in [2.45, 2.75) is 90.9 Å². The van der Waals surface area contributed by atoms with E-state index in [1.54, 1.807) is 0 Å². The zero-order valence-corrected chi connectivity index (χ0v) is 17.8. The number of allylic oxidation sites excluding steroid dienone is 4. The molecule has 0 aromatic rings. The first-order valence-electron chi connectivity index (χ1n) is 10.7. The molecule has 1 saturated carbocycles. The van der Waals surface area contributed by atoms with E-state index in [1.165, 1.54) is 19.3 Å². The summed E-state index contributed by atoms with van der Waals surface area (Å²) in [5, 5.41) is 13.4. The molecule has 4 nitrogen and oxygen atoms in total. The molecule has 2 N–H and O–H groups in total. The molecule has 4 heteroatoms. The van der Waals surface area contributed by atoms with E-state index in [1.807, 2.05) is 27.7 Å². The van der Waals surface area contributed by atoms with Crippen LogP contribution in [0.3, 0.4) is 0 Å². The highest BCUT2D eigenvalue weighted by Crippen LogP contribution is 2.46. The number of aliphatic hydroxyl groups is 1. The number of amides is 1. The summed E-state index contributed by atoms with van der Waals surface area (Å²) < 4.78 is 5.29. The molecule has 0 unspecified atom stereocenters. The maximum absolute atomic E-state index is 11.9. The fraction of sp³-hybridized carbons (Fsp3) is 0.783. The van der Waals surface area contributed by atoms with Crippen LogP contribution in [-0.4, -0.2) is 28.9 Å². The molecular formula is C23H39NO3. The van der Waals surface area contributed by atoms with E-state index in [0.717, 1.165) is 24.7 Å². The van der Waals surface area contributed by atoms with E-state index in [9.17, 15) is 9.90 Å². The van der Waals surface area contributed by atoms with Crippen LogP contribution in [0, 0.1) is 23.7 Å². The third kappa shape index (κ3) is 6.67. The maximum atomic E-state index is 11.9. The minimum absolute atomic E-state index is 0.317. The lowest BCUT2D eigenvalue weighted by molar-refractivity contribution is 0.0414. The zero-order valence-electron chi connectivity index (χ0n) is 17.8. The number of hydrogen-bond acceptors (Lipinski definition) is 3. The molecule has 1 fully saturated rings. The minimum Gasteiger partial charge on any atom is -0.444 e. The van der Waals surface area contributed by atoms with Gasteiger partial charge in [0.15, 0.2) is 0 Å². The van der Waals surface area contributed by atoms with Crippen molar-refractivity contribution in [3.63, 3.8) is 0 Å². The molecule has 0 radical (unpaired) electrons. The molecule has 0 aromatic carbocycles. The Kier molecular flexibility index (Phi) is 7.96. The van der Waals surface area contributed by atoms with Gasteiger partial charge < -0.3 is 15.2 Å². The topological polar surface area (TPSA) is 58.6 Å². The predicted molar refractivity (Wildman–Crippen MR) is 110 cm³/mol. The molecule has 2 rings (SSSR count). The number of ether oxygens (including phenoxy) is 1. The fourth-order valence-electron chi connectivity index (χ4n) is 4.60. The Labute approximate surface area is 165 Å². The SMILES string of the molecule is CC/C=C/[C@@H]1C=C[C@@H]2CCC[C@H]2[C@@H]1CC[C@H](O)[C@@H](C)NC(=O)OC(C)(C)C. The maximum Gasteiger partial charge on any atom is 0.407 e. The van der Waals surface area contributed by atoms with Crippen LogP contribution in [-0.2, 0) is 4.74 Å². The molecule has 2 aliphatic carbocycles. The Bertz CT molecular complexity index is 534. The van der Waals surface area contributed by atoms with Gasteiger partial charge in [0.25, 0.3) is 0 Å². The summed E-state index contributed by atoms with van der Waals surface area (Å²) in [6.07, 6.45) is 15.1. The van der Waals surface area contributed by atoms with Crippen LogP contribution in [0.25, 0.3) is 0 Å². The van der Waals surface area contributed by atoms with Crippen LogP contribution in [0.1, 0.15) is 73.1 Å². The van der Waals surface area contributed by atoms with Crippen LogP contribution in [0.5, 0.6) is 0 Å². The summed E-state index contributed by atoms with van der Waals surface area (Å²) in [6.45, 7) is 9.54. The summed E-state index contributed by atoms with van der Waals surface area (Å²) in [4.78, 5) is 11.9. The van der Waals surface area contributed by atoms with E-state index < -0.39 is 17.8 Å². The molecule has 0 bridgehead atoms. The second kappa shape index (κ2) is 9.77. The van der Waals surface area contributed by atoms with Gasteiger partial charge in [0.05, 0.1) is 12.1 Å². The molecule has 0 aromatic heterocycles. The molecule has 27 heavy (non-hydrogen) atoms. The van der Waals surface area contributed by atoms with Crippen molar-refractivity contribution in [2.75, 3.05) is 0 Å². The number of carbonyl (C=O) groups is 1. The first-order valence-corrected chi connectivity index (χ1v) is 10.7. The van der Waals surface area contributed by atoms with Crippen LogP contribution < -0.4 is 5.32 Å². The van der Waals surface area contributed by atoms with Gasteiger partial charge in [-0.1, -0.05) is 37.6 Å². The van der Waals surface area contributed by atoms with Crippen LogP contribution in [0.15, 0.2) is 24.3 Å². The second-order valence-corrected chi connectivity index (χ2v) is 9.30. The molecular weight excluding hydrogens is 338 g/mol. The molecule has 0 aliphatic heterocycles. The van der Waals surface area contributed by atoms with Gasteiger partial charge >= 0.3 is 6.09 Å². The summed E-state index contributed by atoms with van der Waals surface area (Å²) in [5.41, 5.74) is -0.528. The molecule has 6 atom stereocenters. The molecule has 0 spiro atoms. The van der Waals surface area contributed by atoms with E-state index in [0.29, 0.717) is 18.3 Å². The lowest BCUT2D eigenvalue weighted by atomic mass is 9.69. The molecule has 2 aliphatic rings. The van der Waals surface area contributed by atoms with Crippen LogP contribution in [0.4, 0.5) is 4.79 Å². The Morgan fingerprint density at radius 1 is 1.33 bits per heavy atom. The summed E-state index contributed by atoms with van der Waals surface area (Å²) in [6, 6.07) is -0.317. The van der Waals surface area contributed by atoms with Crippen molar-refractivity contribution in [3.05, 3.63) is 24.3 Å². The summed E-state index contributed by atoms with van der Waals surface area (Å²) in [5.74, 6) is 2.53.